The van der Waals surface area contributed by atoms with E-state index >= 15 is 0 Å². The molecule has 1 aromatic carbocycles. The zero-order valence-corrected chi connectivity index (χ0v) is 10.8. The van der Waals surface area contributed by atoms with E-state index in [1.807, 2.05) is 6.92 Å². The summed E-state index contributed by atoms with van der Waals surface area (Å²) in [6, 6.07) is 3.38. The lowest BCUT2D eigenvalue weighted by Crippen LogP contribution is -2.02. The molecule has 0 radical (unpaired) electrons. The summed E-state index contributed by atoms with van der Waals surface area (Å²) >= 11 is 12.1. The van der Waals surface area contributed by atoms with Crippen molar-refractivity contribution in [3.63, 3.8) is 0 Å². The van der Waals surface area contributed by atoms with Crippen LogP contribution in [0, 0.1) is 6.92 Å². The zero-order chi connectivity index (χ0) is 12.6. The topological polar surface area (TPSA) is 39.2 Å². The van der Waals surface area contributed by atoms with Gasteiger partial charge in [-0.25, -0.2) is 4.79 Å². The van der Waals surface area contributed by atoms with Crippen molar-refractivity contribution >= 4 is 40.1 Å². The van der Waals surface area contributed by atoms with Gasteiger partial charge in [-0.05, 0) is 24.6 Å². The molecule has 0 aliphatic carbocycles. The van der Waals surface area contributed by atoms with Crippen LogP contribution in [0.5, 0.6) is 0 Å². The van der Waals surface area contributed by atoms with Crippen LogP contribution < -0.4 is 0 Å². The van der Waals surface area contributed by atoms with Crippen molar-refractivity contribution in [2.45, 2.75) is 6.92 Å². The van der Waals surface area contributed by atoms with Crippen LogP contribution in [0.2, 0.25) is 10.0 Å². The minimum absolute atomic E-state index is 0.351. The van der Waals surface area contributed by atoms with Gasteiger partial charge < -0.3 is 4.74 Å². The van der Waals surface area contributed by atoms with Crippen molar-refractivity contribution in [3.8, 4) is 0 Å². The summed E-state index contributed by atoms with van der Waals surface area (Å²) in [5.41, 5.74) is 1.99. The van der Waals surface area contributed by atoms with Crippen LogP contribution in [0.3, 0.4) is 0 Å². The van der Waals surface area contributed by atoms with Crippen molar-refractivity contribution in [3.05, 3.63) is 39.5 Å². The van der Waals surface area contributed by atoms with Crippen LogP contribution in [0.15, 0.2) is 18.3 Å². The average molecular weight is 270 g/mol. The number of aromatic nitrogens is 1. The molecule has 0 saturated carbocycles. The number of aryl methyl sites for hydroxylation is 1. The van der Waals surface area contributed by atoms with Gasteiger partial charge in [0.2, 0.25) is 0 Å². The van der Waals surface area contributed by atoms with Gasteiger partial charge in [0.1, 0.15) is 0 Å². The molecule has 0 bridgehead atoms. The summed E-state index contributed by atoms with van der Waals surface area (Å²) in [5.74, 6) is -0.451. The second-order valence-electron chi connectivity index (χ2n) is 3.60. The Balaban J connectivity index is 2.76. The van der Waals surface area contributed by atoms with Crippen LogP contribution in [-0.4, -0.2) is 18.1 Å². The molecule has 5 heteroatoms. The summed E-state index contributed by atoms with van der Waals surface area (Å²) in [4.78, 5) is 15.6. The highest BCUT2D eigenvalue weighted by Crippen LogP contribution is 2.32. The third-order valence-electron chi connectivity index (χ3n) is 2.47. The number of rotatable bonds is 1. The molecule has 0 N–H and O–H groups in total. The monoisotopic (exact) mass is 269 g/mol. The number of halogens is 2. The second kappa shape index (κ2) is 4.51. The Labute approximate surface area is 108 Å². The number of hydrogen-bond donors (Lipinski definition) is 0. The van der Waals surface area contributed by atoms with Gasteiger partial charge in [-0.2, -0.15) is 0 Å². The molecule has 0 unspecified atom stereocenters. The number of hydrogen-bond acceptors (Lipinski definition) is 3. The Morgan fingerprint density at radius 2 is 2.06 bits per heavy atom. The van der Waals surface area contributed by atoms with Crippen LogP contribution in [-0.2, 0) is 4.74 Å². The maximum atomic E-state index is 11.4. The molecule has 3 nitrogen and oxygen atoms in total. The van der Waals surface area contributed by atoms with E-state index in [0.717, 1.165) is 11.1 Å². The van der Waals surface area contributed by atoms with Crippen LogP contribution in [0.25, 0.3) is 10.9 Å². The predicted octanol–water partition coefficient (Wildman–Crippen LogP) is 3.64. The largest absolute Gasteiger partial charge is 0.465 e. The quantitative estimate of drug-likeness (QED) is 0.742. The third-order valence-corrected chi connectivity index (χ3v) is 3.27. The number of nitrogens with zero attached hydrogens (tertiary/aromatic N) is 1. The Kier molecular flexibility index (Phi) is 3.22. The van der Waals surface area contributed by atoms with Crippen molar-refractivity contribution in [2.75, 3.05) is 7.11 Å². The number of pyridine rings is 1. The fourth-order valence-corrected chi connectivity index (χ4v) is 2.09. The number of carbonyl (C=O) groups is 1. The summed E-state index contributed by atoms with van der Waals surface area (Å²) in [7, 11) is 1.32. The Bertz CT molecular complexity index is 611. The summed E-state index contributed by atoms with van der Waals surface area (Å²) < 4.78 is 4.63. The standard InChI is InChI=1S/C12H9Cl2NO2/c1-6-3-9(13)10(14)8-4-7(12(16)17-2)5-15-11(6)8/h3-5H,1-2H3. The summed E-state index contributed by atoms with van der Waals surface area (Å²) in [6.07, 6.45) is 1.46. The Morgan fingerprint density at radius 1 is 1.35 bits per heavy atom. The van der Waals surface area contributed by atoms with E-state index in [4.69, 9.17) is 23.2 Å². The van der Waals surface area contributed by atoms with E-state index in [0.29, 0.717) is 21.0 Å². The molecule has 0 aliphatic heterocycles. The molecule has 0 fully saturated rings. The number of carbonyl (C=O) groups excluding carboxylic acids is 1. The zero-order valence-electron chi connectivity index (χ0n) is 9.25. The van der Waals surface area contributed by atoms with Gasteiger partial charge in [0.05, 0.1) is 28.2 Å². The van der Waals surface area contributed by atoms with E-state index in [-0.39, 0.29) is 0 Å². The maximum Gasteiger partial charge on any atom is 0.339 e. The molecule has 17 heavy (non-hydrogen) atoms. The van der Waals surface area contributed by atoms with E-state index in [2.05, 4.69) is 9.72 Å². The minimum atomic E-state index is -0.451. The Hall–Kier alpha value is -1.32. The van der Waals surface area contributed by atoms with Crippen LogP contribution in [0.1, 0.15) is 15.9 Å². The molecule has 2 rings (SSSR count). The molecule has 0 atom stereocenters. The highest BCUT2D eigenvalue weighted by molar-refractivity contribution is 6.45. The molecule has 0 spiro atoms. The van der Waals surface area contributed by atoms with Gasteiger partial charge in [-0.15, -0.1) is 0 Å². The van der Waals surface area contributed by atoms with Gasteiger partial charge in [-0.1, -0.05) is 23.2 Å². The molecule has 0 saturated heterocycles. The number of methoxy groups -OCH3 is 1. The van der Waals surface area contributed by atoms with E-state index in [1.54, 1.807) is 12.1 Å². The maximum absolute atomic E-state index is 11.4. The van der Waals surface area contributed by atoms with Crippen molar-refractivity contribution in [2.24, 2.45) is 0 Å². The number of esters is 1. The third kappa shape index (κ3) is 2.08. The molecular weight excluding hydrogens is 261 g/mol. The predicted molar refractivity (Wildman–Crippen MR) is 67.8 cm³/mol. The van der Waals surface area contributed by atoms with Crippen LogP contribution in [0.4, 0.5) is 0 Å². The lowest BCUT2D eigenvalue weighted by Gasteiger charge is -2.07. The first-order chi connectivity index (χ1) is 8.04. The lowest BCUT2D eigenvalue weighted by atomic mass is 10.1. The van der Waals surface area contributed by atoms with Crippen molar-refractivity contribution < 1.29 is 9.53 Å². The Morgan fingerprint density at radius 3 is 2.71 bits per heavy atom. The highest BCUT2D eigenvalue weighted by Gasteiger charge is 2.12. The molecule has 88 valence electrons. The van der Waals surface area contributed by atoms with Crippen molar-refractivity contribution in [1.29, 1.82) is 0 Å². The highest BCUT2D eigenvalue weighted by atomic mass is 35.5. The van der Waals surface area contributed by atoms with Gasteiger partial charge >= 0.3 is 5.97 Å². The summed E-state index contributed by atoms with van der Waals surface area (Å²) in [5, 5.41) is 1.49. The SMILES string of the molecule is COC(=O)c1cnc2c(C)cc(Cl)c(Cl)c2c1. The number of ether oxygens (including phenoxy) is 1. The first kappa shape index (κ1) is 12.1. The van der Waals surface area contributed by atoms with Crippen LogP contribution >= 0.6 is 23.2 Å². The fraction of sp³-hybridized carbons (Fsp3) is 0.167. The molecular formula is C12H9Cl2NO2. The fourth-order valence-electron chi connectivity index (χ4n) is 1.63. The lowest BCUT2D eigenvalue weighted by molar-refractivity contribution is 0.0600. The summed E-state index contributed by atoms with van der Waals surface area (Å²) in [6.45, 7) is 1.88. The van der Waals surface area contributed by atoms with Gasteiger partial charge in [0.25, 0.3) is 0 Å². The number of benzene rings is 1. The smallest absolute Gasteiger partial charge is 0.339 e. The van der Waals surface area contributed by atoms with E-state index in [1.165, 1.54) is 13.3 Å². The minimum Gasteiger partial charge on any atom is -0.465 e. The number of fused-ring (bicyclic) bond motifs is 1. The van der Waals surface area contributed by atoms with Gasteiger partial charge in [-0.3, -0.25) is 4.98 Å². The first-order valence-corrected chi connectivity index (χ1v) is 5.63. The molecule has 1 aromatic heterocycles. The average Bonchev–Trinajstić information content (AvgIpc) is 2.34. The molecule has 0 amide bonds. The van der Waals surface area contributed by atoms with Gasteiger partial charge in [0.15, 0.2) is 0 Å². The van der Waals surface area contributed by atoms with Gasteiger partial charge in [0, 0.05) is 11.6 Å². The normalized spacial score (nSPS) is 10.6. The first-order valence-electron chi connectivity index (χ1n) is 4.87. The molecule has 2 aromatic rings. The van der Waals surface area contributed by atoms with E-state index in [9.17, 15) is 4.79 Å². The van der Waals surface area contributed by atoms with Crippen molar-refractivity contribution in [1.82, 2.24) is 4.98 Å². The molecule has 0 aliphatic rings. The van der Waals surface area contributed by atoms with E-state index < -0.39 is 5.97 Å². The molecule has 1 heterocycles. The second-order valence-corrected chi connectivity index (χ2v) is 4.39.